The second-order valence-electron chi connectivity index (χ2n) is 4.18. The topological polar surface area (TPSA) is 76.8 Å². The number of nitrogens with zero attached hydrogens (tertiary/aromatic N) is 1. The predicted octanol–water partition coefficient (Wildman–Crippen LogP) is -0.236. The number of ether oxygens (including phenoxy) is 2. The van der Waals surface area contributed by atoms with Crippen molar-refractivity contribution >= 4 is 23.1 Å². The van der Waals surface area contributed by atoms with E-state index >= 15 is 0 Å². The van der Waals surface area contributed by atoms with Gasteiger partial charge in [-0.25, -0.2) is 0 Å². The van der Waals surface area contributed by atoms with E-state index in [-0.39, 0.29) is 5.91 Å². The van der Waals surface area contributed by atoms with Crippen molar-refractivity contribution in [3.63, 3.8) is 0 Å². The minimum atomic E-state index is -0.00449. The van der Waals surface area contributed by atoms with Crippen LogP contribution in [0.25, 0.3) is 0 Å². The van der Waals surface area contributed by atoms with Crippen LogP contribution in [0.3, 0.4) is 0 Å². The van der Waals surface area contributed by atoms with Crippen molar-refractivity contribution in [3.8, 4) is 0 Å². The molecule has 7 heteroatoms. The van der Waals surface area contributed by atoms with Gasteiger partial charge in [0.05, 0.1) is 18.1 Å². The van der Waals surface area contributed by atoms with Gasteiger partial charge in [0.25, 0.3) is 0 Å². The monoisotopic (exact) mass is 291 g/mol. The van der Waals surface area contributed by atoms with Crippen LogP contribution in [0.5, 0.6) is 0 Å². The molecule has 0 heterocycles. The zero-order valence-corrected chi connectivity index (χ0v) is 12.6. The first kappa shape index (κ1) is 18.2. The number of thiocarbonyl (C=S) groups is 1. The first-order valence-electron chi connectivity index (χ1n) is 6.35. The first-order valence-corrected chi connectivity index (χ1v) is 6.76. The highest BCUT2D eigenvalue weighted by Crippen LogP contribution is 1.93. The Labute approximate surface area is 120 Å². The van der Waals surface area contributed by atoms with Crippen molar-refractivity contribution in [2.24, 2.45) is 5.73 Å². The van der Waals surface area contributed by atoms with Gasteiger partial charge in [0, 0.05) is 46.9 Å². The van der Waals surface area contributed by atoms with Crippen LogP contribution in [0.2, 0.25) is 0 Å². The normalized spacial score (nSPS) is 10.7. The molecule has 0 atom stereocenters. The molecule has 0 unspecified atom stereocenters. The zero-order valence-electron chi connectivity index (χ0n) is 11.8. The predicted molar refractivity (Wildman–Crippen MR) is 79.2 cm³/mol. The molecular formula is C12H25N3O3S. The number of amides is 1. The lowest BCUT2D eigenvalue weighted by Gasteiger charge is -2.21. The summed E-state index contributed by atoms with van der Waals surface area (Å²) in [5, 5.41) is 2.85. The van der Waals surface area contributed by atoms with Crippen molar-refractivity contribution < 1.29 is 14.3 Å². The molecule has 0 aromatic carbocycles. The van der Waals surface area contributed by atoms with E-state index in [1.807, 2.05) is 4.90 Å². The Morgan fingerprint density at radius 2 is 1.95 bits per heavy atom. The fraction of sp³-hybridized carbons (Fsp3) is 0.833. The van der Waals surface area contributed by atoms with Gasteiger partial charge in [-0.2, -0.15) is 0 Å². The number of hydrogen-bond acceptors (Lipinski definition) is 5. The smallest absolute Gasteiger partial charge is 0.234 e. The minimum absolute atomic E-state index is 0.00449. The van der Waals surface area contributed by atoms with Crippen LogP contribution >= 0.6 is 12.2 Å². The average Bonchev–Trinajstić information content (AvgIpc) is 2.37. The summed E-state index contributed by atoms with van der Waals surface area (Å²) in [6, 6.07) is 0. The van der Waals surface area contributed by atoms with Crippen LogP contribution < -0.4 is 11.1 Å². The molecule has 112 valence electrons. The Bertz CT molecular complexity index is 265. The van der Waals surface area contributed by atoms with E-state index in [0.29, 0.717) is 50.8 Å². The van der Waals surface area contributed by atoms with Crippen molar-refractivity contribution in [1.82, 2.24) is 10.2 Å². The Hall–Kier alpha value is -0.760. The van der Waals surface area contributed by atoms with Gasteiger partial charge in [0.1, 0.15) is 0 Å². The van der Waals surface area contributed by atoms with Crippen LogP contribution in [0, 0.1) is 0 Å². The molecule has 0 aromatic rings. The molecule has 0 aliphatic carbocycles. The molecule has 0 rings (SSSR count). The van der Waals surface area contributed by atoms with E-state index < -0.39 is 0 Å². The standard InChI is InChI=1S/C12H25N3O3S/c1-17-8-3-5-14-12(16)10-15(7-9-18-2)6-4-11(13)19/h3-10H2,1-2H3,(H2,13,19)(H,14,16). The average molecular weight is 291 g/mol. The summed E-state index contributed by atoms with van der Waals surface area (Å²) in [4.78, 5) is 14.2. The third-order valence-electron chi connectivity index (χ3n) is 2.50. The molecule has 19 heavy (non-hydrogen) atoms. The molecule has 0 bridgehead atoms. The number of carbonyl (C=O) groups is 1. The number of rotatable bonds is 12. The maximum atomic E-state index is 11.7. The van der Waals surface area contributed by atoms with Crippen LogP contribution in [0.4, 0.5) is 0 Å². The van der Waals surface area contributed by atoms with E-state index in [9.17, 15) is 4.79 Å². The third-order valence-corrected chi connectivity index (χ3v) is 2.70. The highest BCUT2D eigenvalue weighted by atomic mass is 32.1. The molecule has 0 radical (unpaired) electrons. The molecule has 0 fully saturated rings. The van der Waals surface area contributed by atoms with E-state index in [0.717, 1.165) is 6.42 Å². The summed E-state index contributed by atoms with van der Waals surface area (Å²) in [7, 11) is 3.28. The summed E-state index contributed by atoms with van der Waals surface area (Å²) in [5.41, 5.74) is 5.47. The lowest BCUT2D eigenvalue weighted by molar-refractivity contribution is -0.122. The Morgan fingerprint density at radius 3 is 2.53 bits per heavy atom. The third kappa shape index (κ3) is 12.0. The molecule has 0 aliphatic heterocycles. The fourth-order valence-corrected chi connectivity index (χ4v) is 1.55. The SMILES string of the molecule is COCCCNC(=O)CN(CCOC)CCC(N)=S. The Kier molecular flexibility index (Phi) is 11.8. The largest absolute Gasteiger partial charge is 0.393 e. The molecule has 0 aromatic heterocycles. The molecular weight excluding hydrogens is 266 g/mol. The van der Waals surface area contributed by atoms with Gasteiger partial charge in [-0.15, -0.1) is 0 Å². The van der Waals surface area contributed by atoms with Gasteiger partial charge in [-0.1, -0.05) is 12.2 Å². The van der Waals surface area contributed by atoms with Crippen molar-refractivity contribution in [3.05, 3.63) is 0 Å². The summed E-state index contributed by atoms with van der Waals surface area (Å²) >= 11 is 4.84. The van der Waals surface area contributed by atoms with E-state index in [4.69, 9.17) is 27.4 Å². The fourth-order valence-electron chi connectivity index (χ4n) is 1.46. The van der Waals surface area contributed by atoms with Gasteiger partial charge >= 0.3 is 0 Å². The zero-order chi connectivity index (χ0) is 14.5. The van der Waals surface area contributed by atoms with Gasteiger partial charge in [0.2, 0.25) is 5.91 Å². The van der Waals surface area contributed by atoms with E-state index in [2.05, 4.69) is 5.32 Å². The maximum absolute atomic E-state index is 11.7. The lowest BCUT2D eigenvalue weighted by Crippen LogP contribution is -2.40. The van der Waals surface area contributed by atoms with E-state index in [1.165, 1.54) is 0 Å². The van der Waals surface area contributed by atoms with Gasteiger partial charge in [0.15, 0.2) is 0 Å². The van der Waals surface area contributed by atoms with Gasteiger partial charge in [-0.05, 0) is 6.42 Å². The number of nitrogens with one attached hydrogen (secondary N) is 1. The molecule has 0 saturated carbocycles. The summed E-state index contributed by atoms with van der Waals surface area (Å²) in [6.07, 6.45) is 1.42. The van der Waals surface area contributed by atoms with Crippen molar-refractivity contribution in [2.75, 3.05) is 53.6 Å². The maximum Gasteiger partial charge on any atom is 0.234 e. The second-order valence-corrected chi connectivity index (χ2v) is 4.71. The lowest BCUT2D eigenvalue weighted by atomic mass is 10.3. The van der Waals surface area contributed by atoms with Crippen LogP contribution in [-0.2, 0) is 14.3 Å². The number of carbonyl (C=O) groups excluding carboxylic acids is 1. The van der Waals surface area contributed by atoms with Gasteiger partial charge in [-0.3, -0.25) is 9.69 Å². The number of nitrogens with two attached hydrogens (primary N) is 1. The molecule has 6 nitrogen and oxygen atoms in total. The molecule has 0 saturated heterocycles. The van der Waals surface area contributed by atoms with Crippen LogP contribution in [0.1, 0.15) is 12.8 Å². The summed E-state index contributed by atoms with van der Waals surface area (Å²) < 4.78 is 9.94. The first-order chi connectivity index (χ1) is 9.10. The quantitative estimate of drug-likeness (QED) is 0.382. The summed E-state index contributed by atoms with van der Waals surface area (Å²) in [6.45, 7) is 3.54. The molecule has 3 N–H and O–H groups in total. The highest BCUT2D eigenvalue weighted by molar-refractivity contribution is 7.80. The van der Waals surface area contributed by atoms with Crippen molar-refractivity contribution in [2.45, 2.75) is 12.8 Å². The highest BCUT2D eigenvalue weighted by Gasteiger charge is 2.10. The number of methoxy groups -OCH3 is 2. The minimum Gasteiger partial charge on any atom is -0.393 e. The van der Waals surface area contributed by atoms with Crippen molar-refractivity contribution in [1.29, 1.82) is 0 Å². The second kappa shape index (κ2) is 12.3. The molecule has 1 amide bonds. The Morgan fingerprint density at radius 1 is 1.26 bits per heavy atom. The molecule has 0 spiro atoms. The van der Waals surface area contributed by atoms with Crippen LogP contribution in [0.15, 0.2) is 0 Å². The van der Waals surface area contributed by atoms with E-state index in [1.54, 1.807) is 14.2 Å². The Balaban J connectivity index is 3.92. The molecule has 0 aliphatic rings. The van der Waals surface area contributed by atoms with Gasteiger partial charge < -0.3 is 20.5 Å². The van der Waals surface area contributed by atoms with Crippen LogP contribution in [-0.4, -0.2) is 69.4 Å². The number of hydrogen-bond donors (Lipinski definition) is 2. The summed E-state index contributed by atoms with van der Waals surface area (Å²) in [5.74, 6) is -0.00449.